The molecule has 29 heavy (non-hydrogen) atoms. The average Bonchev–Trinajstić information content (AvgIpc) is 3.54. The van der Waals surface area contributed by atoms with Crippen LogP contribution in [0, 0.1) is 17.2 Å². The molecule has 1 saturated heterocycles. The number of hydrogen-bond donors (Lipinski definition) is 1. The minimum absolute atomic E-state index is 0.00669. The Hall–Kier alpha value is -3.60. The lowest BCUT2D eigenvalue weighted by molar-refractivity contribution is -0.117. The second kappa shape index (κ2) is 7.09. The highest BCUT2D eigenvalue weighted by molar-refractivity contribution is 5.92. The van der Waals surface area contributed by atoms with Gasteiger partial charge in [-0.2, -0.15) is 14.8 Å². The fraction of sp³-hybridized carbons (Fsp3) is 0.333. The number of para-hydroxylation sites is 1. The monoisotopic (exact) mass is 387 g/mol. The Labute approximate surface area is 168 Å². The second-order valence-electron chi connectivity index (χ2n) is 7.46. The van der Waals surface area contributed by atoms with Crippen molar-refractivity contribution in [3.63, 3.8) is 0 Å². The summed E-state index contributed by atoms with van der Waals surface area (Å²) in [5, 5.41) is 16.7. The first-order valence-corrected chi connectivity index (χ1v) is 9.88. The quantitative estimate of drug-likeness (QED) is 0.739. The summed E-state index contributed by atoms with van der Waals surface area (Å²) < 4.78 is 1.79. The lowest BCUT2D eigenvalue weighted by Crippen LogP contribution is -2.47. The van der Waals surface area contributed by atoms with Gasteiger partial charge < -0.3 is 9.80 Å². The van der Waals surface area contributed by atoms with Crippen LogP contribution in [0.2, 0.25) is 0 Å². The van der Waals surface area contributed by atoms with Crippen LogP contribution in [0.5, 0.6) is 0 Å². The zero-order valence-electron chi connectivity index (χ0n) is 16.0. The Morgan fingerprint density at radius 2 is 1.79 bits per heavy atom. The van der Waals surface area contributed by atoms with Crippen molar-refractivity contribution < 1.29 is 4.79 Å². The van der Waals surface area contributed by atoms with Gasteiger partial charge in [0, 0.05) is 32.1 Å². The molecule has 2 aromatic heterocycles. The van der Waals surface area contributed by atoms with Crippen molar-refractivity contribution in [3.8, 4) is 6.07 Å². The highest BCUT2D eigenvalue weighted by atomic mass is 16.2. The van der Waals surface area contributed by atoms with Gasteiger partial charge in [-0.05, 0) is 37.1 Å². The number of benzene rings is 1. The van der Waals surface area contributed by atoms with E-state index in [9.17, 15) is 10.1 Å². The first-order valence-electron chi connectivity index (χ1n) is 9.88. The summed E-state index contributed by atoms with van der Waals surface area (Å²) in [6, 6.07) is 15.9. The average molecular weight is 387 g/mol. The smallest absolute Gasteiger partial charge is 0.249 e. The van der Waals surface area contributed by atoms with E-state index >= 15 is 0 Å². The van der Waals surface area contributed by atoms with Gasteiger partial charge in [0.1, 0.15) is 11.9 Å². The number of fused-ring (bicyclic) bond motifs is 1. The zero-order valence-corrected chi connectivity index (χ0v) is 16.0. The van der Waals surface area contributed by atoms with Crippen LogP contribution in [0.1, 0.15) is 18.4 Å². The molecule has 3 aromatic rings. The highest BCUT2D eigenvalue weighted by Crippen LogP contribution is 2.30. The predicted octanol–water partition coefficient (Wildman–Crippen LogP) is 2.28. The normalized spacial score (nSPS) is 16.7. The summed E-state index contributed by atoms with van der Waals surface area (Å²) in [6.45, 7) is 3.25. The highest BCUT2D eigenvalue weighted by Gasteiger charge is 2.30. The molecule has 0 spiro atoms. The molecule has 1 aliphatic carbocycles. The van der Waals surface area contributed by atoms with Crippen molar-refractivity contribution in [1.82, 2.24) is 14.6 Å². The fourth-order valence-corrected chi connectivity index (χ4v) is 3.76. The van der Waals surface area contributed by atoms with Crippen molar-refractivity contribution in [1.29, 1.82) is 5.26 Å². The van der Waals surface area contributed by atoms with Gasteiger partial charge >= 0.3 is 0 Å². The van der Waals surface area contributed by atoms with Crippen molar-refractivity contribution in [2.45, 2.75) is 12.8 Å². The van der Waals surface area contributed by atoms with E-state index < -0.39 is 0 Å². The number of hydrogen-bond acceptors (Lipinski definition) is 6. The molecule has 1 saturated carbocycles. The van der Waals surface area contributed by atoms with Crippen molar-refractivity contribution in [3.05, 3.63) is 48.0 Å². The van der Waals surface area contributed by atoms with Gasteiger partial charge in [-0.15, -0.1) is 5.10 Å². The lowest BCUT2D eigenvalue weighted by atomic mass is 10.1. The van der Waals surface area contributed by atoms with Gasteiger partial charge in [0.05, 0.1) is 11.3 Å². The molecule has 8 nitrogen and oxygen atoms in total. The Kier molecular flexibility index (Phi) is 4.28. The van der Waals surface area contributed by atoms with Crippen molar-refractivity contribution >= 4 is 29.0 Å². The number of nitrogens with zero attached hydrogens (tertiary/aromatic N) is 6. The minimum atomic E-state index is 0.00669. The van der Waals surface area contributed by atoms with E-state index in [1.165, 1.54) is 0 Å². The number of nitriles is 1. The fourth-order valence-electron chi connectivity index (χ4n) is 3.76. The molecule has 8 heteroatoms. The van der Waals surface area contributed by atoms with Crippen LogP contribution in [-0.4, -0.2) is 46.7 Å². The van der Waals surface area contributed by atoms with Crippen LogP contribution >= 0.6 is 0 Å². The second-order valence-corrected chi connectivity index (χ2v) is 7.46. The van der Waals surface area contributed by atoms with Gasteiger partial charge in [0.25, 0.3) is 0 Å². The van der Waals surface area contributed by atoms with E-state index in [4.69, 9.17) is 0 Å². The Morgan fingerprint density at radius 1 is 1.03 bits per heavy atom. The van der Waals surface area contributed by atoms with Gasteiger partial charge in [-0.1, -0.05) is 18.2 Å². The van der Waals surface area contributed by atoms with Gasteiger partial charge in [0.2, 0.25) is 11.9 Å². The number of nitrogens with one attached hydrogen (secondary N) is 1. The number of carbonyl (C=O) groups excluding carboxylic acids is 1. The summed E-state index contributed by atoms with van der Waals surface area (Å²) in [5.41, 5.74) is 2.40. The summed E-state index contributed by atoms with van der Waals surface area (Å²) in [7, 11) is 0. The Balaban J connectivity index is 1.34. The summed E-state index contributed by atoms with van der Waals surface area (Å²) in [5.74, 6) is 1.43. The van der Waals surface area contributed by atoms with Crippen LogP contribution in [-0.2, 0) is 4.79 Å². The molecular weight excluding hydrogens is 366 g/mol. The molecule has 2 fully saturated rings. The minimum Gasteiger partial charge on any atom is -0.367 e. The first-order chi connectivity index (χ1) is 14.2. The molecule has 1 aromatic carbocycles. The van der Waals surface area contributed by atoms with Gasteiger partial charge in [-0.25, -0.2) is 0 Å². The maximum Gasteiger partial charge on any atom is 0.249 e. The molecule has 5 rings (SSSR count). The third kappa shape index (κ3) is 3.36. The number of rotatable bonds is 4. The summed E-state index contributed by atoms with van der Waals surface area (Å²) in [4.78, 5) is 21.0. The van der Waals surface area contributed by atoms with E-state index in [0.29, 0.717) is 17.2 Å². The first kappa shape index (κ1) is 17.5. The predicted molar refractivity (Wildman–Crippen MR) is 110 cm³/mol. The number of aromatic nitrogens is 3. The van der Waals surface area contributed by atoms with Crippen molar-refractivity contribution in [2.75, 3.05) is 41.3 Å². The molecule has 0 radical (unpaired) electrons. The molecule has 1 amide bonds. The molecule has 1 aliphatic heterocycles. The molecule has 146 valence electrons. The zero-order chi connectivity index (χ0) is 19.8. The van der Waals surface area contributed by atoms with Crippen LogP contribution in [0.4, 0.5) is 17.5 Å². The topological polar surface area (TPSA) is 89.6 Å². The van der Waals surface area contributed by atoms with Gasteiger partial charge in [-0.3, -0.25) is 10.1 Å². The number of pyridine rings is 1. The van der Waals surface area contributed by atoms with Crippen LogP contribution in [0.3, 0.4) is 0 Å². The number of anilines is 3. The number of carbonyl (C=O) groups is 1. The van der Waals surface area contributed by atoms with E-state index in [1.807, 2.05) is 42.5 Å². The third-order valence-electron chi connectivity index (χ3n) is 5.49. The van der Waals surface area contributed by atoms with Crippen LogP contribution < -0.4 is 15.1 Å². The van der Waals surface area contributed by atoms with Gasteiger partial charge in [0.15, 0.2) is 5.65 Å². The van der Waals surface area contributed by atoms with E-state index in [1.54, 1.807) is 4.52 Å². The SMILES string of the molecule is N#Cc1ccccc1N1CCN(c2cccc3nc(NC(=O)C4CC4)nn23)CC1. The van der Waals surface area contributed by atoms with Crippen LogP contribution in [0.15, 0.2) is 42.5 Å². The molecular formula is C21H21N7O. The molecule has 0 bridgehead atoms. The summed E-state index contributed by atoms with van der Waals surface area (Å²) >= 11 is 0. The number of piperazine rings is 1. The molecule has 0 atom stereocenters. The third-order valence-corrected chi connectivity index (χ3v) is 5.49. The Bertz CT molecular complexity index is 1100. The summed E-state index contributed by atoms with van der Waals surface area (Å²) in [6.07, 6.45) is 1.90. The van der Waals surface area contributed by atoms with Crippen LogP contribution in [0.25, 0.3) is 5.65 Å². The molecule has 0 unspecified atom stereocenters. The standard InChI is InChI=1S/C21H21N7O/c22-14-16-4-1-2-5-17(16)26-10-12-27(13-11-26)19-7-3-6-18-23-21(25-28(18)19)24-20(29)15-8-9-15/h1-7,15H,8-13H2,(H,24,25,29). The molecule has 3 heterocycles. The lowest BCUT2D eigenvalue weighted by Gasteiger charge is -2.37. The number of amides is 1. The van der Waals surface area contributed by atoms with E-state index in [-0.39, 0.29) is 11.8 Å². The molecule has 2 aliphatic rings. The largest absolute Gasteiger partial charge is 0.367 e. The maximum atomic E-state index is 12.0. The maximum absolute atomic E-state index is 12.0. The Morgan fingerprint density at radius 3 is 2.55 bits per heavy atom. The molecule has 1 N–H and O–H groups in total. The van der Waals surface area contributed by atoms with Crippen molar-refractivity contribution in [2.24, 2.45) is 5.92 Å². The van der Waals surface area contributed by atoms with E-state index in [2.05, 4.69) is 31.3 Å². The van der Waals surface area contributed by atoms with E-state index in [0.717, 1.165) is 50.5 Å².